The van der Waals surface area contributed by atoms with Gasteiger partial charge in [0.25, 0.3) is 17.3 Å². The molecule has 124 valence electrons. The van der Waals surface area contributed by atoms with Gasteiger partial charge in [-0.2, -0.15) is 0 Å². The number of non-ortho nitro benzene ring substituents is 2. The summed E-state index contributed by atoms with van der Waals surface area (Å²) in [6.45, 7) is 0.753. The Kier molecular flexibility index (Phi) is 5.40. The highest BCUT2D eigenvalue weighted by molar-refractivity contribution is 5.94. The number of nitro groups is 2. The van der Waals surface area contributed by atoms with Crippen LogP contribution in [0.5, 0.6) is 0 Å². The van der Waals surface area contributed by atoms with Crippen LogP contribution in [0.25, 0.3) is 0 Å². The first-order valence-corrected chi connectivity index (χ1v) is 6.98. The van der Waals surface area contributed by atoms with Gasteiger partial charge in [0.05, 0.1) is 9.85 Å². The minimum Gasteiger partial charge on any atom is -0.383 e. The Morgan fingerprint density at radius 2 is 1.33 bits per heavy atom. The fourth-order valence-corrected chi connectivity index (χ4v) is 1.92. The summed E-state index contributed by atoms with van der Waals surface area (Å²) < 4.78 is 0. The molecule has 0 atom stereocenters. The van der Waals surface area contributed by atoms with E-state index in [4.69, 9.17) is 0 Å². The van der Waals surface area contributed by atoms with Crippen molar-refractivity contribution >= 4 is 23.0 Å². The van der Waals surface area contributed by atoms with Gasteiger partial charge in [0, 0.05) is 48.6 Å². The zero-order valence-corrected chi connectivity index (χ0v) is 12.5. The van der Waals surface area contributed by atoms with E-state index in [1.807, 2.05) is 0 Å². The highest BCUT2D eigenvalue weighted by Crippen LogP contribution is 2.15. The van der Waals surface area contributed by atoms with Gasteiger partial charge in [-0.25, -0.2) is 0 Å². The van der Waals surface area contributed by atoms with Gasteiger partial charge in [0.15, 0.2) is 0 Å². The van der Waals surface area contributed by atoms with Crippen LogP contribution in [0.15, 0.2) is 48.5 Å². The van der Waals surface area contributed by atoms with E-state index >= 15 is 0 Å². The van der Waals surface area contributed by atoms with E-state index in [0.29, 0.717) is 24.3 Å². The second-order valence-electron chi connectivity index (χ2n) is 4.79. The van der Waals surface area contributed by atoms with E-state index in [0.717, 1.165) is 0 Å². The maximum Gasteiger partial charge on any atom is 0.269 e. The molecule has 0 fully saturated rings. The Bertz CT molecular complexity index is 743. The quantitative estimate of drug-likeness (QED) is 0.455. The first-order valence-electron chi connectivity index (χ1n) is 6.98. The smallest absolute Gasteiger partial charge is 0.269 e. The molecule has 2 aromatic carbocycles. The first kappa shape index (κ1) is 16.9. The Morgan fingerprint density at radius 1 is 0.833 bits per heavy atom. The summed E-state index contributed by atoms with van der Waals surface area (Å²) in [6.07, 6.45) is 0. The van der Waals surface area contributed by atoms with E-state index in [1.165, 1.54) is 36.4 Å². The molecule has 0 aliphatic heterocycles. The normalized spacial score (nSPS) is 10.0. The predicted molar refractivity (Wildman–Crippen MR) is 87.0 cm³/mol. The van der Waals surface area contributed by atoms with Crippen LogP contribution in [0.4, 0.5) is 17.1 Å². The number of amides is 1. The summed E-state index contributed by atoms with van der Waals surface area (Å²) in [7, 11) is 0. The monoisotopic (exact) mass is 330 g/mol. The number of benzene rings is 2. The molecule has 0 aliphatic carbocycles. The summed E-state index contributed by atoms with van der Waals surface area (Å²) >= 11 is 0. The second kappa shape index (κ2) is 7.68. The van der Waals surface area contributed by atoms with E-state index in [-0.39, 0.29) is 17.3 Å². The third-order valence-electron chi connectivity index (χ3n) is 3.16. The highest BCUT2D eigenvalue weighted by atomic mass is 16.6. The number of carbonyl (C=O) groups excluding carboxylic acids is 1. The molecule has 1 amide bonds. The number of nitro benzene ring substituents is 2. The van der Waals surface area contributed by atoms with Crippen LogP contribution in [-0.2, 0) is 0 Å². The van der Waals surface area contributed by atoms with Crippen LogP contribution in [0, 0.1) is 20.2 Å². The molecule has 2 aromatic rings. The average Bonchev–Trinajstić information content (AvgIpc) is 2.59. The second-order valence-corrected chi connectivity index (χ2v) is 4.79. The molecule has 0 unspecified atom stereocenters. The van der Waals surface area contributed by atoms with Crippen molar-refractivity contribution in [1.82, 2.24) is 5.32 Å². The highest BCUT2D eigenvalue weighted by Gasteiger charge is 2.09. The molecule has 0 aliphatic rings. The number of nitrogens with one attached hydrogen (secondary N) is 2. The lowest BCUT2D eigenvalue weighted by Crippen LogP contribution is -2.28. The molecule has 0 saturated heterocycles. The standard InChI is InChI=1S/C15H14N4O5/c20-15(11-1-5-13(6-2-11)18(21)22)17-10-9-16-12-3-7-14(8-4-12)19(23)24/h1-8,16H,9-10H2,(H,17,20). The summed E-state index contributed by atoms with van der Waals surface area (Å²) in [5, 5.41) is 26.8. The van der Waals surface area contributed by atoms with Crippen LogP contribution >= 0.6 is 0 Å². The Balaban J connectivity index is 1.78. The van der Waals surface area contributed by atoms with Crippen molar-refractivity contribution < 1.29 is 14.6 Å². The van der Waals surface area contributed by atoms with Crippen molar-refractivity contribution in [3.63, 3.8) is 0 Å². The van der Waals surface area contributed by atoms with E-state index in [1.54, 1.807) is 12.1 Å². The molecule has 0 heterocycles. The SMILES string of the molecule is O=C(NCCNc1ccc([N+](=O)[O-])cc1)c1ccc([N+](=O)[O-])cc1. The third kappa shape index (κ3) is 4.50. The van der Waals surface area contributed by atoms with Gasteiger partial charge in [-0.1, -0.05) is 0 Å². The minimum atomic E-state index is -0.532. The molecule has 0 radical (unpaired) electrons. The Hall–Kier alpha value is -3.49. The fourth-order valence-electron chi connectivity index (χ4n) is 1.92. The first-order chi connectivity index (χ1) is 11.5. The summed E-state index contributed by atoms with van der Waals surface area (Å²) in [5.74, 6) is -0.338. The molecular weight excluding hydrogens is 316 g/mol. The van der Waals surface area contributed by atoms with Crippen molar-refractivity contribution in [2.75, 3.05) is 18.4 Å². The zero-order valence-electron chi connectivity index (χ0n) is 12.5. The molecule has 2 rings (SSSR count). The van der Waals surface area contributed by atoms with Gasteiger partial charge >= 0.3 is 0 Å². The molecule has 24 heavy (non-hydrogen) atoms. The molecule has 9 nitrogen and oxygen atoms in total. The fraction of sp³-hybridized carbons (Fsp3) is 0.133. The molecule has 0 aromatic heterocycles. The Labute approximate surface area is 136 Å². The molecule has 2 N–H and O–H groups in total. The zero-order chi connectivity index (χ0) is 17.5. The third-order valence-corrected chi connectivity index (χ3v) is 3.16. The number of carbonyl (C=O) groups is 1. The lowest BCUT2D eigenvalue weighted by molar-refractivity contribution is -0.385. The minimum absolute atomic E-state index is 0.00650. The van der Waals surface area contributed by atoms with E-state index in [2.05, 4.69) is 10.6 Å². The number of anilines is 1. The van der Waals surface area contributed by atoms with Crippen molar-refractivity contribution in [3.05, 3.63) is 74.3 Å². The number of nitrogens with zero attached hydrogens (tertiary/aromatic N) is 2. The van der Waals surface area contributed by atoms with Gasteiger partial charge in [-0.05, 0) is 24.3 Å². The number of rotatable bonds is 7. The molecule has 0 bridgehead atoms. The van der Waals surface area contributed by atoms with Crippen molar-refractivity contribution in [2.45, 2.75) is 0 Å². The van der Waals surface area contributed by atoms with Crippen molar-refractivity contribution in [3.8, 4) is 0 Å². The summed E-state index contributed by atoms with van der Waals surface area (Å²) in [5.41, 5.74) is 0.958. The van der Waals surface area contributed by atoms with Gasteiger partial charge in [-0.3, -0.25) is 25.0 Å². The lowest BCUT2D eigenvalue weighted by atomic mass is 10.2. The predicted octanol–water partition coefficient (Wildman–Crippen LogP) is 2.34. The number of hydrogen-bond acceptors (Lipinski definition) is 6. The summed E-state index contributed by atoms with van der Waals surface area (Å²) in [4.78, 5) is 31.9. The van der Waals surface area contributed by atoms with Gasteiger partial charge < -0.3 is 10.6 Å². The van der Waals surface area contributed by atoms with Crippen LogP contribution in [0.3, 0.4) is 0 Å². The molecule has 9 heteroatoms. The van der Waals surface area contributed by atoms with Crippen LogP contribution in [-0.4, -0.2) is 28.8 Å². The molecular formula is C15H14N4O5. The average molecular weight is 330 g/mol. The molecule has 0 saturated carbocycles. The topological polar surface area (TPSA) is 127 Å². The largest absolute Gasteiger partial charge is 0.383 e. The van der Waals surface area contributed by atoms with Gasteiger partial charge in [0.1, 0.15) is 0 Å². The summed E-state index contributed by atoms with van der Waals surface area (Å²) in [6, 6.07) is 11.2. The van der Waals surface area contributed by atoms with Gasteiger partial charge in [0.2, 0.25) is 0 Å². The van der Waals surface area contributed by atoms with E-state index in [9.17, 15) is 25.0 Å². The van der Waals surface area contributed by atoms with Crippen molar-refractivity contribution in [1.29, 1.82) is 0 Å². The number of hydrogen-bond donors (Lipinski definition) is 2. The van der Waals surface area contributed by atoms with E-state index < -0.39 is 9.85 Å². The van der Waals surface area contributed by atoms with Gasteiger partial charge in [-0.15, -0.1) is 0 Å². The molecule has 0 spiro atoms. The van der Waals surface area contributed by atoms with Crippen LogP contribution in [0.1, 0.15) is 10.4 Å². The van der Waals surface area contributed by atoms with Crippen LogP contribution < -0.4 is 10.6 Å². The Morgan fingerprint density at radius 3 is 1.83 bits per heavy atom. The lowest BCUT2D eigenvalue weighted by Gasteiger charge is -2.08. The maximum atomic E-state index is 11.9. The van der Waals surface area contributed by atoms with Crippen LogP contribution in [0.2, 0.25) is 0 Å². The van der Waals surface area contributed by atoms with Crippen molar-refractivity contribution in [2.24, 2.45) is 0 Å². The maximum absolute atomic E-state index is 11.9.